The molecule has 2 heterocycles. The van der Waals surface area contributed by atoms with Gasteiger partial charge in [-0.25, -0.2) is 9.67 Å². The predicted octanol–water partition coefficient (Wildman–Crippen LogP) is 2.27. The first-order chi connectivity index (χ1) is 10.3. The van der Waals surface area contributed by atoms with E-state index in [4.69, 9.17) is 4.74 Å². The lowest BCUT2D eigenvalue weighted by Crippen LogP contribution is -2.33. The van der Waals surface area contributed by atoms with Crippen LogP contribution in [-0.2, 0) is 11.3 Å². The van der Waals surface area contributed by atoms with Crippen LogP contribution >= 0.6 is 0 Å². The van der Waals surface area contributed by atoms with Gasteiger partial charge >= 0.3 is 0 Å². The fourth-order valence-electron chi connectivity index (χ4n) is 2.77. The molecule has 1 aliphatic heterocycles. The summed E-state index contributed by atoms with van der Waals surface area (Å²) in [5, 5.41) is 4.13. The van der Waals surface area contributed by atoms with Gasteiger partial charge in [-0.15, -0.1) is 0 Å². The number of aromatic nitrogens is 3. The van der Waals surface area contributed by atoms with Crippen molar-refractivity contribution < 1.29 is 4.74 Å². The van der Waals surface area contributed by atoms with Gasteiger partial charge in [-0.3, -0.25) is 4.90 Å². The molecule has 1 fully saturated rings. The SMILES string of the molecule is CN(Cc1ccc(-n2cncn2)cc1)C[C@H]1CCCCO1. The maximum Gasteiger partial charge on any atom is 0.138 e. The summed E-state index contributed by atoms with van der Waals surface area (Å²) in [5.41, 5.74) is 2.34. The maximum absolute atomic E-state index is 5.79. The first kappa shape index (κ1) is 14.2. The van der Waals surface area contributed by atoms with Crippen LogP contribution in [0.25, 0.3) is 5.69 Å². The molecule has 1 aromatic carbocycles. The van der Waals surface area contributed by atoms with Crippen LogP contribution in [0.4, 0.5) is 0 Å². The molecular formula is C16H22N4O. The minimum Gasteiger partial charge on any atom is -0.377 e. The van der Waals surface area contributed by atoms with E-state index in [1.165, 1.54) is 24.8 Å². The summed E-state index contributed by atoms with van der Waals surface area (Å²) in [4.78, 5) is 6.30. The molecule has 0 spiro atoms. The molecule has 0 N–H and O–H groups in total. The summed E-state index contributed by atoms with van der Waals surface area (Å²) in [6, 6.07) is 8.45. The predicted molar refractivity (Wildman–Crippen MR) is 81.3 cm³/mol. The van der Waals surface area contributed by atoms with Crippen LogP contribution in [0.2, 0.25) is 0 Å². The van der Waals surface area contributed by atoms with Gasteiger partial charge in [0, 0.05) is 19.7 Å². The molecule has 2 aromatic rings. The molecule has 0 radical (unpaired) electrons. The molecule has 0 unspecified atom stereocenters. The standard InChI is InChI=1S/C16H22N4O/c1-19(11-16-4-2-3-9-21-16)10-14-5-7-15(8-6-14)20-13-17-12-18-20/h5-8,12-13,16H,2-4,9-11H2,1H3/t16-/m1/s1. The smallest absolute Gasteiger partial charge is 0.138 e. The average molecular weight is 286 g/mol. The molecule has 0 aliphatic carbocycles. The van der Waals surface area contributed by atoms with Gasteiger partial charge in [-0.05, 0) is 44.0 Å². The van der Waals surface area contributed by atoms with E-state index in [0.29, 0.717) is 6.10 Å². The van der Waals surface area contributed by atoms with Gasteiger partial charge in [0.05, 0.1) is 11.8 Å². The first-order valence-corrected chi connectivity index (χ1v) is 7.55. The highest BCUT2D eigenvalue weighted by Crippen LogP contribution is 2.15. The second-order valence-electron chi connectivity index (χ2n) is 5.69. The van der Waals surface area contributed by atoms with E-state index in [1.54, 1.807) is 17.3 Å². The van der Waals surface area contributed by atoms with Crippen molar-refractivity contribution in [3.05, 3.63) is 42.5 Å². The van der Waals surface area contributed by atoms with Gasteiger partial charge in [-0.2, -0.15) is 5.10 Å². The largest absolute Gasteiger partial charge is 0.377 e. The van der Waals surface area contributed by atoms with Crippen molar-refractivity contribution in [2.24, 2.45) is 0 Å². The summed E-state index contributed by atoms with van der Waals surface area (Å²) < 4.78 is 7.56. The molecular weight excluding hydrogens is 264 g/mol. The van der Waals surface area contributed by atoms with Gasteiger partial charge in [-0.1, -0.05) is 12.1 Å². The summed E-state index contributed by atoms with van der Waals surface area (Å²) in [6.45, 7) is 2.87. The second kappa shape index (κ2) is 6.83. The fraction of sp³-hybridized carbons (Fsp3) is 0.500. The summed E-state index contributed by atoms with van der Waals surface area (Å²) in [6.07, 6.45) is 7.36. The minimum atomic E-state index is 0.401. The van der Waals surface area contributed by atoms with Crippen molar-refractivity contribution in [1.29, 1.82) is 0 Å². The van der Waals surface area contributed by atoms with Gasteiger partial charge in [0.1, 0.15) is 12.7 Å². The molecule has 1 aliphatic rings. The Balaban J connectivity index is 1.54. The molecule has 21 heavy (non-hydrogen) atoms. The zero-order chi connectivity index (χ0) is 14.5. The minimum absolute atomic E-state index is 0.401. The van der Waals surface area contributed by atoms with Crippen LogP contribution in [0.15, 0.2) is 36.9 Å². The van der Waals surface area contributed by atoms with Gasteiger partial charge in [0.15, 0.2) is 0 Å². The van der Waals surface area contributed by atoms with Gasteiger partial charge in [0.2, 0.25) is 0 Å². The monoisotopic (exact) mass is 286 g/mol. The molecule has 1 saturated heterocycles. The van der Waals surface area contributed by atoms with E-state index in [0.717, 1.165) is 25.4 Å². The van der Waals surface area contributed by atoms with Gasteiger partial charge in [0.25, 0.3) is 0 Å². The number of nitrogens with zero attached hydrogens (tertiary/aromatic N) is 4. The van der Waals surface area contributed by atoms with Crippen LogP contribution in [0.3, 0.4) is 0 Å². The number of hydrogen-bond acceptors (Lipinski definition) is 4. The molecule has 5 heteroatoms. The van der Waals surface area contributed by atoms with E-state index in [1.807, 2.05) is 0 Å². The number of hydrogen-bond donors (Lipinski definition) is 0. The molecule has 5 nitrogen and oxygen atoms in total. The topological polar surface area (TPSA) is 43.2 Å². The van der Waals surface area contributed by atoms with Crippen molar-refractivity contribution in [1.82, 2.24) is 19.7 Å². The Kier molecular flexibility index (Phi) is 4.62. The Hall–Kier alpha value is -1.72. The van der Waals surface area contributed by atoms with Crippen LogP contribution in [0, 0.1) is 0 Å². The highest BCUT2D eigenvalue weighted by molar-refractivity contribution is 5.33. The normalized spacial score (nSPS) is 19.0. The Morgan fingerprint density at radius 1 is 1.29 bits per heavy atom. The third-order valence-corrected chi connectivity index (χ3v) is 3.86. The van der Waals surface area contributed by atoms with Crippen LogP contribution in [0.5, 0.6) is 0 Å². The van der Waals surface area contributed by atoms with Gasteiger partial charge < -0.3 is 4.74 Å². The Morgan fingerprint density at radius 3 is 2.81 bits per heavy atom. The van der Waals surface area contributed by atoms with E-state index >= 15 is 0 Å². The van der Waals surface area contributed by atoms with Crippen LogP contribution in [-0.4, -0.2) is 46.0 Å². The summed E-state index contributed by atoms with van der Waals surface area (Å²) >= 11 is 0. The summed E-state index contributed by atoms with van der Waals surface area (Å²) in [7, 11) is 2.16. The average Bonchev–Trinajstić information content (AvgIpc) is 3.03. The highest BCUT2D eigenvalue weighted by atomic mass is 16.5. The van der Waals surface area contributed by atoms with Crippen molar-refractivity contribution in [3.8, 4) is 5.69 Å². The number of ether oxygens (including phenoxy) is 1. The number of benzene rings is 1. The number of rotatable bonds is 5. The maximum atomic E-state index is 5.79. The van der Waals surface area contributed by atoms with Crippen molar-refractivity contribution in [3.63, 3.8) is 0 Å². The Morgan fingerprint density at radius 2 is 2.14 bits per heavy atom. The van der Waals surface area contributed by atoms with E-state index in [9.17, 15) is 0 Å². The Labute approximate surface area is 125 Å². The molecule has 112 valence electrons. The van der Waals surface area contributed by atoms with Crippen molar-refractivity contribution >= 4 is 0 Å². The fourth-order valence-corrected chi connectivity index (χ4v) is 2.77. The van der Waals surface area contributed by atoms with Crippen LogP contribution in [0.1, 0.15) is 24.8 Å². The lowest BCUT2D eigenvalue weighted by atomic mass is 10.1. The van der Waals surface area contributed by atoms with E-state index < -0.39 is 0 Å². The molecule has 0 saturated carbocycles. The number of likely N-dealkylation sites (N-methyl/N-ethyl adjacent to an activating group) is 1. The Bertz CT molecular complexity index is 532. The lowest BCUT2D eigenvalue weighted by Gasteiger charge is -2.27. The lowest BCUT2D eigenvalue weighted by molar-refractivity contribution is -0.00259. The third-order valence-electron chi connectivity index (χ3n) is 3.86. The second-order valence-corrected chi connectivity index (χ2v) is 5.69. The molecule has 0 amide bonds. The van der Waals surface area contributed by atoms with E-state index in [2.05, 4.69) is 46.3 Å². The zero-order valence-corrected chi connectivity index (χ0v) is 12.5. The molecule has 1 aromatic heterocycles. The third kappa shape index (κ3) is 3.89. The highest BCUT2D eigenvalue weighted by Gasteiger charge is 2.15. The van der Waals surface area contributed by atoms with Crippen LogP contribution < -0.4 is 0 Å². The van der Waals surface area contributed by atoms with Crippen molar-refractivity contribution in [2.75, 3.05) is 20.2 Å². The zero-order valence-electron chi connectivity index (χ0n) is 12.5. The van der Waals surface area contributed by atoms with E-state index in [-0.39, 0.29) is 0 Å². The van der Waals surface area contributed by atoms with Crippen molar-refractivity contribution in [2.45, 2.75) is 31.9 Å². The quantitative estimate of drug-likeness (QED) is 0.845. The molecule has 3 rings (SSSR count). The first-order valence-electron chi connectivity index (χ1n) is 7.55. The molecule has 0 bridgehead atoms. The summed E-state index contributed by atoms with van der Waals surface area (Å²) in [5.74, 6) is 0. The molecule has 1 atom stereocenters.